The lowest BCUT2D eigenvalue weighted by atomic mass is 9.42. The van der Waals surface area contributed by atoms with Gasteiger partial charge in [-0.2, -0.15) is 0 Å². The van der Waals surface area contributed by atoms with E-state index in [2.05, 4.69) is 30.9 Å². The molecule has 230 valence electrons. The zero-order chi connectivity index (χ0) is 29.3. The Kier molecular flexibility index (Phi) is 6.89. The van der Waals surface area contributed by atoms with E-state index in [4.69, 9.17) is 9.47 Å². The number of amides is 1. The number of hydrogen-bond donors (Lipinski definition) is 2. The van der Waals surface area contributed by atoms with E-state index in [1.807, 2.05) is 17.0 Å². The summed E-state index contributed by atoms with van der Waals surface area (Å²) in [7, 11) is 1.70. The number of unbranched alkanes of at least 4 members (excludes halogenated alkanes) is 3. The van der Waals surface area contributed by atoms with Gasteiger partial charge in [0.25, 0.3) is 0 Å². The molecule has 7 heteroatoms. The standard InChI is InChI=1S/C35H50N2O5/c1-32-17-24-18-33(2,21-32)23-34(19-24,22-32)37(31(39)40)14-7-5-4-6-13-36-15-12-35-11-10-26(38)16-28(35)42-30-27(41-3)9-8-25(20-36)29(30)35/h8-11,24,26,28,38H,4-7,12-23H2,1-3H3,(H,39,40)/t24-,26-,28-,32+,33-,34+,35-/m0/s1. The second-order valence-electron chi connectivity index (χ2n) is 15.7. The highest BCUT2D eigenvalue weighted by Crippen LogP contribution is 2.67. The summed E-state index contributed by atoms with van der Waals surface area (Å²) in [6, 6.07) is 4.23. The summed E-state index contributed by atoms with van der Waals surface area (Å²) in [4.78, 5) is 17.1. The number of aliphatic hydroxyl groups excluding tert-OH is 1. The lowest BCUT2D eigenvalue weighted by Crippen LogP contribution is -2.66. The molecule has 1 aromatic rings. The van der Waals surface area contributed by atoms with Gasteiger partial charge in [-0.25, -0.2) is 4.79 Å². The third-order valence-electron chi connectivity index (χ3n) is 12.0. The number of carbonyl (C=O) groups is 1. The minimum absolute atomic E-state index is 0.0566. The second kappa shape index (κ2) is 10.2. The zero-order valence-electron chi connectivity index (χ0n) is 25.9. The first-order valence-corrected chi connectivity index (χ1v) is 16.5. The molecule has 4 fully saturated rings. The van der Waals surface area contributed by atoms with Crippen LogP contribution in [0, 0.1) is 16.7 Å². The lowest BCUT2D eigenvalue weighted by Gasteiger charge is -2.67. The van der Waals surface area contributed by atoms with Crippen molar-refractivity contribution in [1.82, 2.24) is 9.80 Å². The average Bonchev–Trinajstić information content (AvgIpc) is 3.14. The molecule has 0 radical (unpaired) electrons. The fourth-order valence-corrected chi connectivity index (χ4v) is 11.4. The highest BCUT2D eigenvalue weighted by atomic mass is 16.5. The van der Waals surface area contributed by atoms with Gasteiger partial charge >= 0.3 is 6.09 Å². The Balaban J connectivity index is 0.954. The fourth-order valence-electron chi connectivity index (χ4n) is 11.4. The fraction of sp³-hybridized carbons (Fsp3) is 0.743. The minimum atomic E-state index is -0.703. The molecule has 4 bridgehead atoms. The molecule has 1 aromatic carbocycles. The molecule has 5 aliphatic carbocycles. The molecule has 0 saturated heterocycles. The maximum Gasteiger partial charge on any atom is 0.407 e. The Morgan fingerprint density at radius 3 is 2.57 bits per heavy atom. The number of benzene rings is 1. The molecule has 2 N–H and O–H groups in total. The molecule has 4 saturated carbocycles. The topological polar surface area (TPSA) is 82.5 Å². The van der Waals surface area contributed by atoms with Crippen molar-refractivity contribution in [2.24, 2.45) is 16.7 Å². The molecule has 7 atom stereocenters. The summed E-state index contributed by atoms with van der Waals surface area (Å²) in [6.45, 7) is 8.46. The number of hydrogen-bond acceptors (Lipinski definition) is 5. The Morgan fingerprint density at radius 1 is 1.10 bits per heavy atom. The monoisotopic (exact) mass is 578 g/mol. The van der Waals surface area contributed by atoms with Crippen LogP contribution in [-0.2, 0) is 12.0 Å². The van der Waals surface area contributed by atoms with Gasteiger partial charge in [-0.1, -0.05) is 44.9 Å². The van der Waals surface area contributed by atoms with Gasteiger partial charge in [0, 0.05) is 30.6 Å². The zero-order valence-corrected chi connectivity index (χ0v) is 25.9. The highest BCUT2D eigenvalue weighted by Gasteiger charge is 2.62. The van der Waals surface area contributed by atoms with Crippen LogP contribution in [0.3, 0.4) is 0 Å². The van der Waals surface area contributed by atoms with Gasteiger partial charge in [-0.15, -0.1) is 0 Å². The first-order valence-electron chi connectivity index (χ1n) is 16.5. The summed E-state index contributed by atoms with van der Waals surface area (Å²) >= 11 is 0. The summed E-state index contributed by atoms with van der Waals surface area (Å²) in [6.07, 6.45) is 15.9. The molecule has 2 heterocycles. The van der Waals surface area contributed by atoms with Crippen molar-refractivity contribution in [3.63, 3.8) is 0 Å². The van der Waals surface area contributed by atoms with E-state index in [9.17, 15) is 15.0 Å². The van der Waals surface area contributed by atoms with Crippen molar-refractivity contribution in [2.75, 3.05) is 26.7 Å². The van der Waals surface area contributed by atoms with Crippen LogP contribution in [0.2, 0.25) is 0 Å². The quantitative estimate of drug-likeness (QED) is 0.257. The number of rotatable bonds is 9. The number of aliphatic hydroxyl groups is 1. The van der Waals surface area contributed by atoms with Crippen LogP contribution in [0.15, 0.2) is 24.3 Å². The van der Waals surface area contributed by atoms with Gasteiger partial charge in [-0.3, -0.25) is 4.90 Å². The van der Waals surface area contributed by atoms with Crippen LogP contribution in [0.4, 0.5) is 4.79 Å². The summed E-state index contributed by atoms with van der Waals surface area (Å²) in [5, 5.41) is 20.7. The van der Waals surface area contributed by atoms with E-state index >= 15 is 0 Å². The van der Waals surface area contributed by atoms with Crippen molar-refractivity contribution in [1.29, 1.82) is 0 Å². The van der Waals surface area contributed by atoms with Crippen LogP contribution in [-0.4, -0.2) is 70.6 Å². The highest BCUT2D eigenvalue weighted by molar-refractivity contribution is 5.66. The Labute approximate surface area is 251 Å². The van der Waals surface area contributed by atoms with Crippen molar-refractivity contribution in [3.05, 3.63) is 35.4 Å². The largest absolute Gasteiger partial charge is 0.493 e. The van der Waals surface area contributed by atoms with E-state index in [0.29, 0.717) is 29.7 Å². The summed E-state index contributed by atoms with van der Waals surface area (Å²) < 4.78 is 12.1. The maximum absolute atomic E-state index is 12.6. The smallest absolute Gasteiger partial charge is 0.407 e. The second-order valence-corrected chi connectivity index (χ2v) is 15.7. The Bertz CT molecular complexity index is 1240. The summed E-state index contributed by atoms with van der Waals surface area (Å²) in [5.74, 6) is 2.35. The average molecular weight is 579 g/mol. The third-order valence-corrected chi connectivity index (χ3v) is 12.0. The molecule has 42 heavy (non-hydrogen) atoms. The Hall–Kier alpha value is -2.25. The van der Waals surface area contributed by atoms with E-state index in [-0.39, 0.29) is 17.1 Å². The van der Waals surface area contributed by atoms with E-state index < -0.39 is 12.2 Å². The molecule has 0 aromatic heterocycles. The van der Waals surface area contributed by atoms with Gasteiger partial charge in [0.05, 0.1) is 18.6 Å². The molecule has 1 amide bonds. The number of carboxylic acid groups (broad SMARTS) is 1. The van der Waals surface area contributed by atoms with Crippen LogP contribution in [0.25, 0.3) is 0 Å². The SMILES string of the molecule is COc1ccc2c3c1O[C@H]1C[C@@H](O)C=C[C@@]31CCN(CCCCCCN(C(=O)O)[C@]13C[C@@H]4C[C@@](C)(C[C@@](C)(C4)C1)C3)C2. The van der Waals surface area contributed by atoms with E-state index in [0.717, 1.165) is 82.5 Å². The first-order chi connectivity index (χ1) is 20.1. The molecule has 8 rings (SSSR count). The predicted molar refractivity (Wildman–Crippen MR) is 162 cm³/mol. The first kappa shape index (κ1) is 28.5. The number of methoxy groups -OCH3 is 1. The molecule has 2 aliphatic heterocycles. The Morgan fingerprint density at radius 2 is 1.86 bits per heavy atom. The van der Waals surface area contributed by atoms with Crippen molar-refractivity contribution in [2.45, 2.75) is 121 Å². The van der Waals surface area contributed by atoms with Gasteiger partial charge in [0.1, 0.15) is 6.10 Å². The molecule has 7 nitrogen and oxygen atoms in total. The molecule has 7 aliphatic rings. The minimum Gasteiger partial charge on any atom is -0.493 e. The number of nitrogens with zero attached hydrogens (tertiary/aromatic N) is 2. The van der Waals surface area contributed by atoms with Crippen molar-refractivity contribution in [3.8, 4) is 11.5 Å². The van der Waals surface area contributed by atoms with E-state index in [1.54, 1.807) is 7.11 Å². The van der Waals surface area contributed by atoms with Crippen molar-refractivity contribution >= 4 is 6.09 Å². The summed E-state index contributed by atoms with van der Waals surface area (Å²) in [5.41, 5.74) is 2.87. The van der Waals surface area contributed by atoms with Crippen LogP contribution in [0.1, 0.15) is 102 Å². The maximum atomic E-state index is 12.6. The lowest BCUT2D eigenvalue weighted by molar-refractivity contribution is -0.152. The normalized spacial score (nSPS) is 39.4. The molecule has 1 spiro atoms. The van der Waals surface area contributed by atoms with Crippen LogP contribution >= 0.6 is 0 Å². The van der Waals surface area contributed by atoms with Gasteiger partial charge in [-0.05, 0) is 99.3 Å². The molecule has 0 unspecified atom stereocenters. The van der Waals surface area contributed by atoms with Crippen LogP contribution in [0.5, 0.6) is 11.5 Å². The van der Waals surface area contributed by atoms with Gasteiger partial charge in [0.15, 0.2) is 11.5 Å². The van der Waals surface area contributed by atoms with Crippen molar-refractivity contribution < 1.29 is 24.5 Å². The van der Waals surface area contributed by atoms with Crippen LogP contribution < -0.4 is 9.47 Å². The third kappa shape index (κ3) is 4.65. The predicted octanol–water partition coefficient (Wildman–Crippen LogP) is 6.51. The van der Waals surface area contributed by atoms with Gasteiger partial charge in [0.2, 0.25) is 0 Å². The molecular weight excluding hydrogens is 528 g/mol. The number of ether oxygens (including phenoxy) is 2. The van der Waals surface area contributed by atoms with Gasteiger partial charge < -0.3 is 24.6 Å². The molecular formula is C35H50N2O5. The van der Waals surface area contributed by atoms with E-state index in [1.165, 1.54) is 30.4 Å².